The Bertz CT molecular complexity index is 1160. The van der Waals surface area contributed by atoms with E-state index in [1.807, 2.05) is 65.6 Å². The lowest BCUT2D eigenvalue weighted by Crippen LogP contribution is -2.41. The molecular formula is C27H21NOS. The van der Waals surface area contributed by atoms with Crippen LogP contribution in [0.2, 0.25) is 0 Å². The Hall–Kier alpha value is -3.30. The second kappa shape index (κ2) is 7.85. The topological polar surface area (TPSA) is 20.3 Å². The van der Waals surface area contributed by atoms with Crippen LogP contribution in [0.15, 0.2) is 120 Å². The third kappa shape index (κ3) is 3.12. The van der Waals surface area contributed by atoms with Gasteiger partial charge in [-0.05, 0) is 29.3 Å². The maximum Gasteiger partial charge on any atom is 0.256 e. The van der Waals surface area contributed by atoms with Gasteiger partial charge in [0.1, 0.15) is 4.87 Å². The van der Waals surface area contributed by atoms with Crippen LogP contribution in [0.25, 0.3) is 0 Å². The number of benzene rings is 4. The summed E-state index contributed by atoms with van der Waals surface area (Å²) in [5.74, 6) is 0.0711. The normalized spacial score (nSPS) is 17.7. The number of rotatable bonds is 5. The first-order valence-corrected chi connectivity index (χ1v) is 10.9. The quantitative estimate of drug-likeness (QED) is 0.385. The van der Waals surface area contributed by atoms with E-state index in [2.05, 4.69) is 54.6 Å². The van der Waals surface area contributed by atoms with Crippen molar-refractivity contribution in [3.8, 4) is 0 Å². The molecule has 1 atom stereocenters. The van der Waals surface area contributed by atoms with Gasteiger partial charge in [-0.3, -0.25) is 4.79 Å². The number of hydrogen-bond acceptors (Lipinski definition) is 2. The summed E-state index contributed by atoms with van der Waals surface area (Å²) >= 11 is 1.73. The zero-order valence-electron chi connectivity index (χ0n) is 16.4. The van der Waals surface area contributed by atoms with Crippen LogP contribution >= 0.6 is 11.8 Å². The lowest BCUT2D eigenvalue weighted by Gasteiger charge is -2.39. The minimum absolute atomic E-state index is 0.0711. The zero-order valence-corrected chi connectivity index (χ0v) is 17.3. The van der Waals surface area contributed by atoms with Crippen molar-refractivity contribution < 1.29 is 4.79 Å². The van der Waals surface area contributed by atoms with E-state index in [0.29, 0.717) is 6.54 Å². The minimum Gasteiger partial charge on any atom is -0.311 e. The van der Waals surface area contributed by atoms with Gasteiger partial charge in [0, 0.05) is 22.6 Å². The first-order valence-electron chi connectivity index (χ1n) is 10.0. The number of fused-ring (bicyclic) bond motifs is 1. The van der Waals surface area contributed by atoms with Gasteiger partial charge in [-0.25, -0.2) is 0 Å². The minimum atomic E-state index is -0.633. The van der Waals surface area contributed by atoms with Crippen LogP contribution in [-0.2, 0) is 11.4 Å². The van der Waals surface area contributed by atoms with E-state index in [1.165, 1.54) is 0 Å². The summed E-state index contributed by atoms with van der Waals surface area (Å²) in [6, 6.07) is 39.0. The summed E-state index contributed by atoms with van der Waals surface area (Å²) in [6.07, 6.45) is 0. The third-order valence-electron chi connectivity index (χ3n) is 5.51. The van der Waals surface area contributed by atoms with Gasteiger partial charge in [-0.2, -0.15) is 0 Å². The first kappa shape index (κ1) is 18.7. The second-order valence-electron chi connectivity index (χ2n) is 7.35. The van der Waals surface area contributed by atoms with Crippen molar-refractivity contribution in [2.75, 3.05) is 0 Å². The van der Waals surface area contributed by atoms with Crippen molar-refractivity contribution in [1.82, 2.24) is 4.90 Å². The van der Waals surface area contributed by atoms with Crippen molar-refractivity contribution >= 4 is 17.7 Å². The Labute approximate surface area is 181 Å². The fourth-order valence-electron chi connectivity index (χ4n) is 4.15. The summed E-state index contributed by atoms with van der Waals surface area (Å²) in [4.78, 5) is 16.2. The Morgan fingerprint density at radius 2 is 1.23 bits per heavy atom. The highest BCUT2D eigenvalue weighted by molar-refractivity contribution is 8.00. The molecule has 1 heterocycles. The smallest absolute Gasteiger partial charge is 0.256 e. The molecule has 1 aliphatic heterocycles. The first-order chi connectivity index (χ1) is 14.8. The van der Waals surface area contributed by atoms with Gasteiger partial charge >= 0.3 is 0 Å². The molecule has 1 amide bonds. The van der Waals surface area contributed by atoms with Crippen LogP contribution in [0.5, 0.6) is 0 Å². The lowest BCUT2D eigenvalue weighted by atomic mass is 9.97. The Kier molecular flexibility index (Phi) is 4.89. The van der Waals surface area contributed by atoms with Crippen LogP contribution in [-0.4, -0.2) is 10.8 Å². The zero-order chi connectivity index (χ0) is 20.4. The van der Waals surface area contributed by atoms with Gasteiger partial charge in [0.05, 0.1) is 0 Å². The molecule has 0 fully saturated rings. The molecule has 146 valence electrons. The molecule has 0 radical (unpaired) electrons. The maximum atomic E-state index is 13.7. The summed E-state index contributed by atoms with van der Waals surface area (Å²) in [7, 11) is 0. The standard InChI is InChI=1S/C27H21NOS/c29-26-24-18-10-11-19-25(24)27(22-14-6-2-7-15-22,30-23-16-8-3-9-17-23)28(26)20-21-12-4-1-5-13-21/h1-19H,20H2. The second-order valence-corrected chi connectivity index (χ2v) is 8.61. The SMILES string of the molecule is O=C1c2ccccc2C(Sc2ccccc2)(c2ccccc2)N1Cc1ccccc1. The van der Waals surface area contributed by atoms with Crippen molar-refractivity contribution in [1.29, 1.82) is 0 Å². The Morgan fingerprint density at radius 3 is 1.93 bits per heavy atom. The van der Waals surface area contributed by atoms with Gasteiger partial charge in [-0.1, -0.05) is 109 Å². The number of carbonyl (C=O) groups is 1. The van der Waals surface area contributed by atoms with Gasteiger partial charge in [0.25, 0.3) is 5.91 Å². The molecule has 2 nitrogen and oxygen atoms in total. The summed E-state index contributed by atoms with van der Waals surface area (Å²) in [5.41, 5.74) is 4.05. The van der Waals surface area contributed by atoms with Crippen molar-refractivity contribution in [3.05, 3.63) is 138 Å². The number of thioether (sulfide) groups is 1. The highest BCUT2D eigenvalue weighted by Gasteiger charge is 2.51. The molecule has 0 spiro atoms. The Morgan fingerprint density at radius 1 is 0.667 bits per heavy atom. The predicted molar refractivity (Wildman–Crippen MR) is 122 cm³/mol. The molecule has 0 aromatic heterocycles. The van der Waals surface area contributed by atoms with Gasteiger partial charge in [0.15, 0.2) is 0 Å². The molecule has 1 unspecified atom stereocenters. The van der Waals surface area contributed by atoms with E-state index in [4.69, 9.17) is 0 Å². The third-order valence-corrected chi connectivity index (χ3v) is 6.98. The molecule has 0 N–H and O–H groups in total. The molecule has 1 aliphatic rings. The average molecular weight is 408 g/mol. The largest absolute Gasteiger partial charge is 0.311 e. The molecule has 0 saturated carbocycles. The van der Waals surface area contributed by atoms with Crippen LogP contribution in [0.3, 0.4) is 0 Å². The molecule has 0 saturated heterocycles. The molecule has 3 heteroatoms. The molecule has 5 rings (SSSR count). The maximum absolute atomic E-state index is 13.7. The van der Waals surface area contributed by atoms with Crippen LogP contribution in [0.4, 0.5) is 0 Å². The number of hydrogen-bond donors (Lipinski definition) is 0. The molecule has 30 heavy (non-hydrogen) atoms. The average Bonchev–Trinajstić information content (AvgIpc) is 3.05. The molecule has 4 aromatic carbocycles. The van der Waals surface area contributed by atoms with Gasteiger partial charge in [0.2, 0.25) is 0 Å². The van der Waals surface area contributed by atoms with Crippen molar-refractivity contribution in [3.63, 3.8) is 0 Å². The Balaban J connectivity index is 1.74. The summed E-state index contributed by atoms with van der Waals surface area (Å²) in [6.45, 7) is 0.545. The van der Waals surface area contributed by atoms with E-state index in [9.17, 15) is 4.79 Å². The predicted octanol–water partition coefficient (Wildman–Crippen LogP) is 6.34. The lowest BCUT2D eigenvalue weighted by molar-refractivity contribution is 0.0709. The van der Waals surface area contributed by atoms with E-state index in [-0.39, 0.29) is 5.91 Å². The van der Waals surface area contributed by atoms with E-state index in [1.54, 1.807) is 11.8 Å². The van der Waals surface area contributed by atoms with Gasteiger partial charge < -0.3 is 4.90 Å². The van der Waals surface area contributed by atoms with E-state index < -0.39 is 4.87 Å². The van der Waals surface area contributed by atoms with Crippen molar-refractivity contribution in [2.24, 2.45) is 0 Å². The highest BCUT2D eigenvalue weighted by Crippen LogP contribution is 2.54. The molecule has 0 aliphatic carbocycles. The number of nitrogens with zero attached hydrogens (tertiary/aromatic N) is 1. The number of amides is 1. The van der Waals surface area contributed by atoms with Gasteiger partial charge in [-0.15, -0.1) is 0 Å². The van der Waals surface area contributed by atoms with Crippen LogP contribution < -0.4 is 0 Å². The summed E-state index contributed by atoms with van der Waals surface area (Å²) < 4.78 is 0. The van der Waals surface area contributed by atoms with Crippen LogP contribution in [0.1, 0.15) is 27.0 Å². The van der Waals surface area contributed by atoms with E-state index in [0.717, 1.165) is 27.1 Å². The van der Waals surface area contributed by atoms with Crippen LogP contribution in [0, 0.1) is 0 Å². The molecular weight excluding hydrogens is 386 g/mol. The fraction of sp³-hybridized carbons (Fsp3) is 0.0741. The molecule has 0 bridgehead atoms. The number of carbonyl (C=O) groups excluding carboxylic acids is 1. The summed E-state index contributed by atoms with van der Waals surface area (Å²) in [5, 5.41) is 0. The molecule has 4 aromatic rings. The van der Waals surface area contributed by atoms with Crippen molar-refractivity contribution in [2.45, 2.75) is 16.3 Å². The highest BCUT2D eigenvalue weighted by atomic mass is 32.2. The monoisotopic (exact) mass is 407 g/mol. The fourth-order valence-corrected chi connectivity index (χ4v) is 5.59. The van der Waals surface area contributed by atoms with E-state index >= 15 is 0 Å².